The zero-order valence-corrected chi connectivity index (χ0v) is 13.4. The SMILES string of the molecule is CCc1c(NC)ncnc1Oc1cc(C)ccc1C(C)C. The van der Waals surface area contributed by atoms with Crippen molar-refractivity contribution >= 4 is 5.82 Å². The van der Waals surface area contributed by atoms with Crippen LogP contribution in [-0.4, -0.2) is 17.0 Å². The van der Waals surface area contributed by atoms with Crippen LogP contribution in [0.4, 0.5) is 5.82 Å². The lowest BCUT2D eigenvalue weighted by Gasteiger charge is -2.16. The normalized spacial score (nSPS) is 10.8. The highest BCUT2D eigenvalue weighted by atomic mass is 16.5. The van der Waals surface area contributed by atoms with Gasteiger partial charge in [-0.15, -0.1) is 0 Å². The molecule has 1 aromatic heterocycles. The molecule has 0 unspecified atom stereocenters. The Labute approximate surface area is 126 Å². The van der Waals surface area contributed by atoms with Gasteiger partial charge in [0.25, 0.3) is 0 Å². The predicted molar refractivity (Wildman–Crippen MR) is 86.3 cm³/mol. The first-order valence-corrected chi connectivity index (χ1v) is 7.36. The maximum atomic E-state index is 6.13. The van der Waals surface area contributed by atoms with Gasteiger partial charge >= 0.3 is 0 Å². The van der Waals surface area contributed by atoms with Crippen molar-refractivity contribution in [2.24, 2.45) is 0 Å². The number of nitrogens with one attached hydrogen (secondary N) is 1. The highest BCUT2D eigenvalue weighted by Crippen LogP contribution is 2.33. The Kier molecular flexibility index (Phi) is 4.78. The lowest BCUT2D eigenvalue weighted by Crippen LogP contribution is -2.03. The summed E-state index contributed by atoms with van der Waals surface area (Å²) in [6.45, 7) is 8.47. The van der Waals surface area contributed by atoms with Gasteiger partial charge in [-0.3, -0.25) is 0 Å². The fraction of sp³-hybridized carbons (Fsp3) is 0.412. The third-order valence-electron chi connectivity index (χ3n) is 3.49. The molecule has 0 fully saturated rings. The highest BCUT2D eigenvalue weighted by molar-refractivity contribution is 5.50. The predicted octanol–water partition coefficient (Wildman–Crippen LogP) is 4.30. The summed E-state index contributed by atoms with van der Waals surface area (Å²) in [4.78, 5) is 8.55. The van der Waals surface area contributed by atoms with Crippen LogP contribution in [0, 0.1) is 6.92 Å². The smallest absolute Gasteiger partial charge is 0.227 e. The van der Waals surface area contributed by atoms with Crippen molar-refractivity contribution in [2.75, 3.05) is 12.4 Å². The Morgan fingerprint density at radius 2 is 2.00 bits per heavy atom. The van der Waals surface area contributed by atoms with Crippen LogP contribution in [0.3, 0.4) is 0 Å². The number of benzene rings is 1. The van der Waals surface area contributed by atoms with Crippen LogP contribution in [0.15, 0.2) is 24.5 Å². The van der Waals surface area contributed by atoms with Crippen molar-refractivity contribution in [1.82, 2.24) is 9.97 Å². The molecule has 0 atom stereocenters. The zero-order valence-electron chi connectivity index (χ0n) is 13.4. The molecule has 1 aromatic carbocycles. The second-order valence-corrected chi connectivity index (χ2v) is 5.41. The lowest BCUT2D eigenvalue weighted by atomic mass is 10.0. The standard InChI is InChI=1S/C17H23N3O/c1-6-13-16(18-5)19-10-20-17(13)21-15-9-12(4)7-8-14(15)11(2)3/h7-11H,6H2,1-5H3,(H,18,19,20). The molecule has 0 aliphatic heterocycles. The molecule has 0 bridgehead atoms. The van der Waals surface area contributed by atoms with E-state index < -0.39 is 0 Å². The van der Waals surface area contributed by atoms with Crippen LogP contribution in [0.2, 0.25) is 0 Å². The van der Waals surface area contributed by atoms with E-state index in [9.17, 15) is 0 Å². The summed E-state index contributed by atoms with van der Waals surface area (Å²) in [5, 5.41) is 3.09. The summed E-state index contributed by atoms with van der Waals surface area (Å²) in [5.41, 5.74) is 3.36. The molecule has 1 heterocycles. The Balaban J connectivity index is 2.45. The third kappa shape index (κ3) is 3.32. The van der Waals surface area contributed by atoms with Gasteiger partial charge in [-0.25, -0.2) is 9.97 Å². The van der Waals surface area contributed by atoms with Gasteiger partial charge in [0.15, 0.2) is 0 Å². The first-order chi connectivity index (χ1) is 10.1. The van der Waals surface area contributed by atoms with Gasteiger partial charge in [-0.05, 0) is 36.5 Å². The van der Waals surface area contributed by atoms with Crippen molar-refractivity contribution in [1.29, 1.82) is 0 Å². The van der Waals surface area contributed by atoms with Crippen molar-refractivity contribution in [3.63, 3.8) is 0 Å². The molecule has 0 radical (unpaired) electrons. The molecule has 2 aromatic rings. The van der Waals surface area contributed by atoms with Crippen LogP contribution in [0.1, 0.15) is 43.4 Å². The Hall–Kier alpha value is -2.10. The van der Waals surface area contributed by atoms with E-state index in [1.807, 2.05) is 7.05 Å². The van der Waals surface area contributed by atoms with Crippen LogP contribution in [-0.2, 0) is 6.42 Å². The second-order valence-electron chi connectivity index (χ2n) is 5.41. The van der Waals surface area contributed by atoms with Crippen molar-refractivity contribution in [3.8, 4) is 11.6 Å². The van der Waals surface area contributed by atoms with E-state index in [0.717, 1.165) is 23.6 Å². The van der Waals surface area contributed by atoms with Gasteiger partial charge in [0.2, 0.25) is 5.88 Å². The van der Waals surface area contributed by atoms with Crippen molar-refractivity contribution in [3.05, 3.63) is 41.2 Å². The number of aryl methyl sites for hydroxylation is 1. The fourth-order valence-corrected chi connectivity index (χ4v) is 2.33. The lowest BCUT2D eigenvalue weighted by molar-refractivity contribution is 0.447. The number of anilines is 1. The number of hydrogen-bond donors (Lipinski definition) is 1. The summed E-state index contributed by atoms with van der Waals surface area (Å²) in [7, 11) is 1.86. The molecular formula is C17H23N3O. The molecule has 0 saturated carbocycles. The molecule has 4 heteroatoms. The van der Waals surface area contributed by atoms with Gasteiger partial charge in [0.05, 0.1) is 5.56 Å². The Bertz CT molecular complexity index is 623. The second kappa shape index (κ2) is 6.57. The number of aromatic nitrogens is 2. The fourth-order valence-electron chi connectivity index (χ4n) is 2.33. The minimum atomic E-state index is 0.399. The largest absolute Gasteiger partial charge is 0.438 e. The van der Waals surface area contributed by atoms with Gasteiger partial charge in [0.1, 0.15) is 17.9 Å². The molecule has 2 rings (SSSR count). The Morgan fingerprint density at radius 1 is 1.24 bits per heavy atom. The average Bonchev–Trinajstić information content (AvgIpc) is 2.46. The summed E-state index contributed by atoms with van der Waals surface area (Å²) >= 11 is 0. The minimum Gasteiger partial charge on any atom is -0.438 e. The zero-order chi connectivity index (χ0) is 15.4. The van der Waals surface area contributed by atoms with E-state index in [0.29, 0.717) is 11.8 Å². The van der Waals surface area contributed by atoms with Crippen molar-refractivity contribution in [2.45, 2.75) is 40.0 Å². The summed E-state index contributed by atoms with van der Waals surface area (Å²) in [6.07, 6.45) is 2.35. The summed E-state index contributed by atoms with van der Waals surface area (Å²) < 4.78 is 6.13. The van der Waals surface area contributed by atoms with Crippen LogP contribution >= 0.6 is 0 Å². The molecule has 0 saturated heterocycles. The third-order valence-corrected chi connectivity index (χ3v) is 3.49. The van der Waals surface area contributed by atoms with E-state index in [4.69, 9.17) is 4.74 Å². The monoisotopic (exact) mass is 285 g/mol. The van der Waals surface area contributed by atoms with Crippen LogP contribution in [0.25, 0.3) is 0 Å². The molecule has 0 spiro atoms. The van der Waals surface area contributed by atoms with Crippen molar-refractivity contribution < 1.29 is 4.74 Å². The minimum absolute atomic E-state index is 0.399. The number of rotatable bonds is 5. The van der Waals surface area contributed by atoms with Gasteiger partial charge < -0.3 is 10.1 Å². The maximum Gasteiger partial charge on any atom is 0.227 e. The molecule has 21 heavy (non-hydrogen) atoms. The molecule has 112 valence electrons. The van der Waals surface area contributed by atoms with Crippen LogP contribution in [0.5, 0.6) is 11.6 Å². The molecule has 0 amide bonds. The topological polar surface area (TPSA) is 47.0 Å². The van der Waals surface area contributed by atoms with E-state index in [2.05, 4.69) is 61.2 Å². The molecular weight excluding hydrogens is 262 g/mol. The van der Waals surface area contributed by atoms with E-state index in [1.54, 1.807) is 0 Å². The molecule has 4 nitrogen and oxygen atoms in total. The number of hydrogen-bond acceptors (Lipinski definition) is 4. The molecule has 0 aliphatic rings. The van der Waals surface area contributed by atoms with E-state index >= 15 is 0 Å². The van der Waals surface area contributed by atoms with Gasteiger partial charge in [-0.2, -0.15) is 0 Å². The summed E-state index contributed by atoms with van der Waals surface area (Å²) in [6, 6.07) is 6.30. The molecule has 0 aliphatic carbocycles. The van der Waals surface area contributed by atoms with Gasteiger partial charge in [-0.1, -0.05) is 32.9 Å². The molecule has 1 N–H and O–H groups in total. The maximum absolute atomic E-state index is 6.13. The van der Waals surface area contributed by atoms with E-state index in [1.165, 1.54) is 17.5 Å². The quantitative estimate of drug-likeness (QED) is 0.889. The number of nitrogens with zero attached hydrogens (tertiary/aromatic N) is 2. The first-order valence-electron chi connectivity index (χ1n) is 7.36. The van der Waals surface area contributed by atoms with Crippen LogP contribution < -0.4 is 10.1 Å². The highest BCUT2D eigenvalue weighted by Gasteiger charge is 2.14. The average molecular weight is 285 g/mol. The van der Waals surface area contributed by atoms with Gasteiger partial charge in [0, 0.05) is 7.05 Å². The Morgan fingerprint density at radius 3 is 2.62 bits per heavy atom. The number of ether oxygens (including phenoxy) is 1. The summed E-state index contributed by atoms with van der Waals surface area (Å²) in [5.74, 6) is 2.72. The first kappa shape index (κ1) is 15.3. The van der Waals surface area contributed by atoms with E-state index in [-0.39, 0.29) is 0 Å².